The lowest BCUT2D eigenvalue weighted by atomic mass is 9.88. The number of hydrogen-bond donors (Lipinski definition) is 0. The summed E-state index contributed by atoms with van der Waals surface area (Å²) in [6.45, 7) is 15.1. The second-order valence-electron chi connectivity index (χ2n) is 6.88. The van der Waals surface area contributed by atoms with Gasteiger partial charge in [-0.1, -0.05) is 61.3 Å². The molecule has 0 rings (SSSR count). The third-order valence-corrected chi connectivity index (χ3v) is 3.33. The van der Waals surface area contributed by atoms with Gasteiger partial charge >= 0.3 is 6.16 Å². The van der Waals surface area contributed by atoms with E-state index in [-0.39, 0.29) is 11.5 Å². The molecule has 0 N–H and O–H groups in total. The van der Waals surface area contributed by atoms with E-state index in [2.05, 4.69) is 48.5 Å². The average molecular weight is 272 g/mol. The Balaban J connectivity index is 4.17. The molecular weight excluding hydrogens is 240 g/mol. The Bertz CT molecular complexity index is 249. The SMILES string of the molecule is CCCCC(C)(C)COC(=O)OC(C(C)C)C(C)C. The molecule has 0 atom stereocenters. The zero-order valence-corrected chi connectivity index (χ0v) is 13.8. The van der Waals surface area contributed by atoms with E-state index >= 15 is 0 Å². The summed E-state index contributed by atoms with van der Waals surface area (Å²) in [5.74, 6) is 0.612. The topological polar surface area (TPSA) is 35.5 Å². The Morgan fingerprint density at radius 3 is 2.05 bits per heavy atom. The van der Waals surface area contributed by atoms with Gasteiger partial charge in [-0.2, -0.15) is 0 Å². The molecule has 0 amide bonds. The number of rotatable bonds is 8. The van der Waals surface area contributed by atoms with Gasteiger partial charge < -0.3 is 9.47 Å². The Morgan fingerprint density at radius 2 is 1.63 bits per heavy atom. The van der Waals surface area contributed by atoms with E-state index in [9.17, 15) is 4.79 Å². The number of ether oxygens (including phenoxy) is 2. The molecule has 3 nitrogen and oxygen atoms in total. The Morgan fingerprint density at radius 1 is 1.11 bits per heavy atom. The van der Waals surface area contributed by atoms with Crippen molar-refractivity contribution in [1.29, 1.82) is 0 Å². The maximum absolute atomic E-state index is 11.7. The van der Waals surface area contributed by atoms with E-state index in [4.69, 9.17) is 9.47 Å². The highest BCUT2D eigenvalue weighted by Gasteiger charge is 2.25. The largest absolute Gasteiger partial charge is 0.508 e. The Labute approximate surface area is 119 Å². The van der Waals surface area contributed by atoms with Crippen molar-refractivity contribution < 1.29 is 14.3 Å². The van der Waals surface area contributed by atoms with Gasteiger partial charge in [0.15, 0.2) is 0 Å². The van der Waals surface area contributed by atoms with E-state index in [1.165, 1.54) is 0 Å². The lowest BCUT2D eigenvalue weighted by molar-refractivity contribution is -0.0242. The Kier molecular flexibility index (Phi) is 8.12. The minimum atomic E-state index is -0.531. The predicted octanol–water partition coefficient (Wildman–Crippen LogP) is 5.04. The van der Waals surface area contributed by atoms with Crippen molar-refractivity contribution in [3.8, 4) is 0 Å². The maximum Gasteiger partial charge on any atom is 0.508 e. The van der Waals surface area contributed by atoms with Crippen LogP contribution in [0.1, 0.15) is 67.7 Å². The molecule has 0 saturated heterocycles. The summed E-state index contributed by atoms with van der Waals surface area (Å²) in [6.07, 6.45) is 2.78. The van der Waals surface area contributed by atoms with E-state index in [1.807, 2.05) is 0 Å². The molecule has 0 heterocycles. The fraction of sp³-hybridized carbons (Fsp3) is 0.938. The number of carbonyl (C=O) groups is 1. The van der Waals surface area contributed by atoms with Crippen LogP contribution < -0.4 is 0 Å². The van der Waals surface area contributed by atoms with Crippen LogP contribution in [0.25, 0.3) is 0 Å². The van der Waals surface area contributed by atoms with Crippen LogP contribution in [-0.2, 0) is 9.47 Å². The monoisotopic (exact) mass is 272 g/mol. The van der Waals surface area contributed by atoms with Gasteiger partial charge in [-0.15, -0.1) is 0 Å². The minimum absolute atomic E-state index is 0.0280. The van der Waals surface area contributed by atoms with Gasteiger partial charge in [0, 0.05) is 0 Å². The van der Waals surface area contributed by atoms with Crippen LogP contribution in [0.4, 0.5) is 4.79 Å². The number of carbonyl (C=O) groups excluding carboxylic acids is 1. The molecule has 0 aromatic rings. The van der Waals surface area contributed by atoms with Gasteiger partial charge in [0.05, 0.1) is 0 Å². The summed E-state index contributed by atoms with van der Waals surface area (Å²) in [7, 11) is 0. The fourth-order valence-corrected chi connectivity index (χ4v) is 2.17. The van der Waals surface area contributed by atoms with Crippen molar-refractivity contribution in [2.75, 3.05) is 6.61 Å². The highest BCUT2D eigenvalue weighted by atomic mass is 16.7. The molecule has 0 radical (unpaired) electrons. The summed E-state index contributed by atoms with van der Waals surface area (Å²) in [4.78, 5) is 11.7. The third-order valence-electron chi connectivity index (χ3n) is 3.33. The van der Waals surface area contributed by atoms with Gasteiger partial charge in [-0.05, 0) is 23.7 Å². The van der Waals surface area contributed by atoms with E-state index in [0.717, 1.165) is 19.3 Å². The lowest BCUT2D eigenvalue weighted by Gasteiger charge is -2.27. The quantitative estimate of drug-likeness (QED) is 0.581. The smallest absolute Gasteiger partial charge is 0.434 e. The summed E-state index contributed by atoms with van der Waals surface area (Å²) in [6, 6.07) is 0. The number of unbranched alkanes of at least 4 members (excludes halogenated alkanes) is 1. The zero-order valence-electron chi connectivity index (χ0n) is 13.8. The standard InChI is InChI=1S/C16H32O3/c1-8-9-10-16(6,7)11-18-15(17)19-14(12(2)3)13(4)5/h12-14H,8-11H2,1-7H3. The van der Waals surface area contributed by atoms with Crippen molar-refractivity contribution in [3.05, 3.63) is 0 Å². The Hall–Kier alpha value is -0.730. The predicted molar refractivity (Wildman–Crippen MR) is 79.2 cm³/mol. The molecule has 0 aliphatic rings. The van der Waals surface area contributed by atoms with E-state index in [0.29, 0.717) is 18.4 Å². The molecule has 3 heteroatoms. The highest BCUT2D eigenvalue weighted by molar-refractivity contribution is 5.60. The average Bonchev–Trinajstić information content (AvgIpc) is 2.30. The van der Waals surface area contributed by atoms with Crippen LogP contribution in [0.15, 0.2) is 0 Å². The maximum atomic E-state index is 11.7. The lowest BCUT2D eigenvalue weighted by Crippen LogP contribution is -2.31. The summed E-state index contributed by atoms with van der Waals surface area (Å²) >= 11 is 0. The molecule has 0 aromatic carbocycles. The summed E-state index contributed by atoms with van der Waals surface area (Å²) in [5, 5.41) is 0. The molecule has 0 spiro atoms. The van der Waals surface area contributed by atoms with E-state index in [1.54, 1.807) is 0 Å². The van der Waals surface area contributed by atoms with Crippen molar-refractivity contribution >= 4 is 6.16 Å². The third kappa shape index (κ3) is 8.12. The second kappa shape index (κ2) is 8.44. The molecule has 0 aliphatic heterocycles. The first-order valence-electron chi connectivity index (χ1n) is 7.53. The summed E-state index contributed by atoms with van der Waals surface area (Å²) < 4.78 is 10.7. The van der Waals surface area contributed by atoms with Crippen LogP contribution in [0.3, 0.4) is 0 Å². The van der Waals surface area contributed by atoms with Crippen LogP contribution in [-0.4, -0.2) is 18.9 Å². The van der Waals surface area contributed by atoms with Gasteiger partial charge in [0.2, 0.25) is 0 Å². The molecule has 19 heavy (non-hydrogen) atoms. The van der Waals surface area contributed by atoms with E-state index < -0.39 is 6.16 Å². The van der Waals surface area contributed by atoms with Crippen molar-refractivity contribution in [3.63, 3.8) is 0 Å². The summed E-state index contributed by atoms with van der Waals surface area (Å²) in [5.41, 5.74) is 0.0280. The first-order chi connectivity index (χ1) is 8.69. The van der Waals surface area contributed by atoms with Gasteiger partial charge in [0.25, 0.3) is 0 Å². The van der Waals surface area contributed by atoms with Gasteiger partial charge in [-0.3, -0.25) is 0 Å². The molecular formula is C16H32O3. The first kappa shape index (κ1) is 18.3. The minimum Gasteiger partial charge on any atom is -0.434 e. The highest BCUT2D eigenvalue weighted by Crippen LogP contribution is 2.24. The van der Waals surface area contributed by atoms with Crippen LogP contribution in [0, 0.1) is 17.3 Å². The first-order valence-corrected chi connectivity index (χ1v) is 7.53. The zero-order chi connectivity index (χ0) is 15.1. The molecule has 0 bridgehead atoms. The molecule has 0 saturated carbocycles. The fourth-order valence-electron chi connectivity index (χ4n) is 2.17. The molecule has 114 valence electrons. The molecule has 0 aromatic heterocycles. The van der Waals surface area contributed by atoms with Crippen LogP contribution in [0.5, 0.6) is 0 Å². The molecule has 0 fully saturated rings. The second-order valence-corrected chi connectivity index (χ2v) is 6.88. The molecule has 0 unspecified atom stereocenters. The van der Waals surface area contributed by atoms with Crippen molar-refractivity contribution in [2.45, 2.75) is 73.8 Å². The van der Waals surface area contributed by atoms with Crippen LogP contribution >= 0.6 is 0 Å². The van der Waals surface area contributed by atoms with Gasteiger partial charge in [-0.25, -0.2) is 4.79 Å². The van der Waals surface area contributed by atoms with Crippen molar-refractivity contribution in [1.82, 2.24) is 0 Å². The number of hydrogen-bond acceptors (Lipinski definition) is 3. The molecule has 0 aliphatic carbocycles. The van der Waals surface area contributed by atoms with Gasteiger partial charge in [0.1, 0.15) is 12.7 Å². The normalized spacial score (nSPS) is 12.3. The van der Waals surface area contributed by atoms with Crippen LogP contribution in [0.2, 0.25) is 0 Å². The van der Waals surface area contributed by atoms with Crippen molar-refractivity contribution in [2.24, 2.45) is 17.3 Å².